The van der Waals surface area contributed by atoms with E-state index in [1.165, 1.54) is 11.1 Å². The maximum atomic E-state index is 5.46. The van der Waals surface area contributed by atoms with Crippen LogP contribution in [0.3, 0.4) is 0 Å². The normalized spacial score (nSPS) is 12.4. The molecule has 0 radical (unpaired) electrons. The summed E-state index contributed by atoms with van der Waals surface area (Å²) >= 11 is 24.6. The monoisotopic (exact) mass is 566 g/mol. The Morgan fingerprint density at radius 2 is 0.839 bits per heavy atom. The molecule has 0 fully saturated rings. The molecule has 0 aliphatic rings. The Morgan fingerprint density at radius 3 is 1.06 bits per heavy atom. The van der Waals surface area contributed by atoms with Gasteiger partial charge in [0.1, 0.15) is 0 Å². The van der Waals surface area contributed by atoms with Crippen molar-refractivity contribution >= 4 is 83.8 Å². The second kappa shape index (κ2) is 15.8. The van der Waals surface area contributed by atoms with Gasteiger partial charge < -0.3 is 50.5 Å². The van der Waals surface area contributed by atoms with Crippen molar-refractivity contribution in [2.24, 2.45) is 0 Å². The van der Waals surface area contributed by atoms with E-state index in [1.54, 1.807) is 23.5 Å². The fourth-order valence-electron chi connectivity index (χ4n) is 2.20. The smallest absolute Gasteiger partial charge is 0.00166 e. The van der Waals surface area contributed by atoms with Crippen LogP contribution >= 0.6 is 23.5 Å². The number of thioether (sulfide) groups is 2. The SMILES string of the molecule is CC(C)S/C([S-])=C(/[S-])SC(C)C.Cc1ccc(/C([S-])=C(/[S-])c2ccc(C)cc2)cc1.[Ni]. The molecule has 0 aromatic heterocycles. The Morgan fingerprint density at radius 1 is 0.581 bits per heavy atom. The van der Waals surface area contributed by atoms with Gasteiger partial charge in [0.15, 0.2) is 0 Å². The minimum absolute atomic E-state index is 0. The topological polar surface area (TPSA) is 0 Å². The van der Waals surface area contributed by atoms with Crippen molar-refractivity contribution in [1.29, 1.82) is 0 Å². The van der Waals surface area contributed by atoms with Gasteiger partial charge in [-0.1, -0.05) is 87.4 Å². The summed E-state index contributed by atoms with van der Waals surface area (Å²) in [5.74, 6) is 0. The summed E-state index contributed by atoms with van der Waals surface area (Å²) in [7, 11) is 0. The maximum absolute atomic E-state index is 5.46. The van der Waals surface area contributed by atoms with Crippen molar-refractivity contribution < 1.29 is 16.5 Å². The molecule has 0 heterocycles. The van der Waals surface area contributed by atoms with E-state index in [4.69, 9.17) is 50.5 Å². The Balaban J connectivity index is 0.000000612. The maximum Gasteiger partial charge on any atom is 0.00166 e. The molecule has 31 heavy (non-hydrogen) atoms. The molecule has 0 N–H and O–H groups in total. The summed E-state index contributed by atoms with van der Waals surface area (Å²) in [6.07, 6.45) is 0. The molecule has 0 aliphatic carbocycles. The van der Waals surface area contributed by atoms with Crippen LogP contribution in [-0.4, -0.2) is 10.5 Å². The van der Waals surface area contributed by atoms with Gasteiger partial charge in [-0.3, -0.25) is 0 Å². The van der Waals surface area contributed by atoms with Gasteiger partial charge in [-0.05, 0) is 25.0 Å². The molecule has 0 nitrogen and oxygen atoms in total. The summed E-state index contributed by atoms with van der Waals surface area (Å²) in [5, 5.41) is 1.06. The molecule has 0 bridgehead atoms. The van der Waals surface area contributed by atoms with Crippen molar-refractivity contribution in [3.8, 4) is 0 Å². The molecular formula is C24H28NiS6-4. The molecule has 0 atom stereocenters. The van der Waals surface area contributed by atoms with Gasteiger partial charge in [0.2, 0.25) is 0 Å². The molecule has 0 amide bonds. The zero-order valence-electron chi connectivity index (χ0n) is 18.5. The first-order valence-electron chi connectivity index (χ1n) is 9.65. The zero-order chi connectivity index (χ0) is 22.8. The second-order valence-corrected chi connectivity index (χ2v) is 12.6. The van der Waals surface area contributed by atoms with E-state index in [-0.39, 0.29) is 16.5 Å². The molecular weight excluding hydrogens is 539 g/mol. The summed E-state index contributed by atoms with van der Waals surface area (Å²) in [6.45, 7) is 12.6. The predicted octanol–water partition coefficient (Wildman–Crippen LogP) is 7.71. The standard InChI is InChI=1S/C16H16S2.C8H16S4.Ni/c1-11-3-7-13(8-4-11)15(17)16(18)14-9-5-12(2)6-10-14;1-5(2)11-7(9)8(10)12-6(3)4;/h3-10,17-18H,1-2H3;5-6,9-10H,1-4H3;/p-4/b16-15-;8-7-;. The van der Waals surface area contributed by atoms with Crippen molar-refractivity contribution in [3.05, 3.63) is 79.3 Å². The van der Waals surface area contributed by atoms with Gasteiger partial charge in [-0.25, -0.2) is 0 Å². The number of aryl methyl sites for hydroxylation is 2. The Kier molecular flexibility index (Phi) is 15.8. The van der Waals surface area contributed by atoms with E-state index in [1.807, 2.05) is 24.3 Å². The van der Waals surface area contributed by atoms with Crippen LogP contribution in [0.5, 0.6) is 0 Å². The van der Waals surface area contributed by atoms with Gasteiger partial charge in [0, 0.05) is 27.0 Å². The van der Waals surface area contributed by atoms with E-state index in [9.17, 15) is 0 Å². The Hall–Kier alpha value is -0.00649. The molecule has 174 valence electrons. The van der Waals surface area contributed by atoms with Crippen molar-refractivity contribution in [3.63, 3.8) is 0 Å². The summed E-state index contributed by atoms with van der Waals surface area (Å²) in [4.78, 5) is 1.49. The average Bonchev–Trinajstić information content (AvgIpc) is 2.67. The van der Waals surface area contributed by atoms with Crippen LogP contribution in [0.15, 0.2) is 57.0 Å². The van der Waals surface area contributed by atoms with Crippen LogP contribution < -0.4 is 0 Å². The minimum atomic E-state index is 0. The fourth-order valence-corrected chi connectivity index (χ4v) is 5.49. The van der Waals surface area contributed by atoms with Crippen molar-refractivity contribution in [1.82, 2.24) is 0 Å². The van der Waals surface area contributed by atoms with E-state index in [0.717, 1.165) is 29.4 Å². The van der Waals surface area contributed by atoms with Gasteiger partial charge in [0.05, 0.1) is 0 Å². The van der Waals surface area contributed by atoms with Crippen LogP contribution in [-0.2, 0) is 67.0 Å². The van der Waals surface area contributed by atoms with E-state index in [0.29, 0.717) is 10.5 Å². The fraction of sp³-hybridized carbons (Fsp3) is 0.333. The molecule has 7 heteroatoms. The molecule has 2 rings (SSSR count). The third kappa shape index (κ3) is 12.1. The summed E-state index contributed by atoms with van der Waals surface area (Å²) in [6, 6.07) is 16.3. The molecule has 0 unspecified atom stereocenters. The molecule has 0 saturated heterocycles. The van der Waals surface area contributed by atoms with Gasteiger partial charge in [-0.2, -0.15) is 41.8 Å². The molecule has 2 aromatic rings. The molecule has 0 saturated carbocycles. The first-order valence-corrected chi connectivity index (χ1v) is 13.0. The van der Waals surface area contributed by atoms with Gasteiger partial charge in [0.25, 0.3) is 0 Å². The Bertz CT molecular complexity index is 781. The van der Waals surface area contributed by atoms with Crippen LogP contribution in [0.4, 0.5) is 0 Å². The van der Waals surface area contributed by atoms with E-state index in [2.05, 4.69) is 65.8 Å². The van der Waals surface area contributed by atoms with Crippen LogP contribution in [0.1, 0.15) is 49.9 Å². The van der Waals surface area contributed by atoms with Crippen LogP contribution in [0, 0.1) is 13.8 Å². The minimum Gasteiger partial charge on any atom is -0.781 e. The first kappa shape index (κ1) is 31.0. The van der Waals surface area contributed by atoms with Crippen LogP contribution in [0.2, 0.25) is 0 Å². The summed E-state index contributed by atoms with van der Waals surface area (Å²) in [5.41, 5.74) is 4.48. The largest absolute Gasteiger partial charge is 0.781 e. The molecule has 0 aliphatic heterocycles. The van der Waals surface area contributed by atoms with Crippen molar-refractivity contribution in [2.75, 3.05) is 0 Å². The van der Waals surface area contributed by atoms with E-state index >= 15 is 0 Å². The second-order valence-electron chi connectivity index (χ2n) is 7.30. The average molecular weight is 568 g/mol. The third-order valence-electron chi connectivity index (χ3n) is 3.69. The van der Waals surface area contributed by atoms with Crippen LogP contribution in [0.25, 0.3) is 9.81 Å². The Labute approximate surface area is 229 Å². The predicted molar refractivity (Wildman–Crippen MR) is 151 cm³/mol. The summed E-state index contributed by atoms with van der Waals surface area (Å²) < 4.78 is 1.75. The van der Waals surface area contributed by atoms with E-state index < -0.39 is 0 Å². The van der Waals surface area contributed by atoms with Crippen molar-refractivity contribution in [2.45, 2.75) is 52.0 Å². The van der Waals surface area contributed by atoms with Gasteiger partial charge >= 0.3 is 0 Å². The molecule has 0 spiro atoms. The number of hydrogen-bond donors (Lipinski definition) is 0. The number of benzene rings is 2. The third-order valence-corrected chi connectivity index (χ3v) is 7.98. The number of hydrogen-bond acceptors (Lipinski definition) is 6. The quantitative estimate of drug-likeness (QED) is 0.198. The molecule has 2 aromatic carbocycles. The van der Waals surface area contributed by atoms with Gasteiger partial charge in [-0.15, -0.1) is 0 Å². The first-order chi connectivity index (χ1) is 14.0. The number of rotatable bonds is 6. The zero-order valence-corrected chi connectivity index (χ0v) is 24.4.